The number of carbonyl (C=O) groups excluding carboxylic acids is 2. The van der Waals surface area contributed by atoms with Crippen LogP contribution in [0.3, 0.4) is 0 Å². The van der Waals surface area contributed by atoms with Crippen molar-refractivity contribution in [2.45, 2.75) is 52.4 Å². The fourth-order valence-corrected chi connectivity index (χ4v) is 4.24. The fourth-order valence-electron chi connectivity index (χ4n) is 4.24. The third-order valence-corrected chi connectivity index (χ3v) is 6.16. The van der Waals surface area contributed by atoms with Crippen LogP contribution in [-0.2, 0) is 9.59 Å². The molecule has 1 aliphatic carbocycles. The fraction of sp³-hybridized carbons (Fsp3) is 0.636. The summed E-state index contributed by atoms with van der Waals surface area (Å²) in [4.78, 5) is 27.5. The van der Waals surface area contributed by atoms with Gasteiger partial charge in [-0.25, -0.2) is 0 Å². The Kier molecular flexibility index (Phi) is 6.40. The molecule has 1 saturated heterocycles. The quantitative estimate of drug-likeness (QED) is 0.869. The van der Waals surface area contributed by atoms with Crippen molar-refractivity contribution in [3.05, 3.63) is 23.8 Å². The number of piperidine rings is 1. The molecule has 1 aromatic rings. The normalized spacial score (nSPS) is 23.7. The van der Waals surface area contributed by atoms with E-state index in [9.17, 15) is 9.59 Å². The second-order valence-electron chi connectivity index (χ2n) is 8.25. The van der Waals surface area contributed by atoms with E-state index in [1.807, 2.05) is 30.0 Å². The number of likely N-dealkylation sites (tertiary alicyclic amines) is 1. The molecule has 148 valence electrons. The number of ether oxygens (including phenoxy) is 1. The molecule has 0 aromatic heterocycles. The van der Waals surface area contributed by atoms with Gasteiger partial charge in [-0.3, -0.25) is 9.59 Å². The summed E-state index contributed by atoms with van der Waals surface area (Å²) in [5, 5.41) is 3.02. The Morgan fingerprint density at radius 1 is 1.04 bits per heavy atom. The standard InChI is InChI=1S/C22H32N2O3/c1-15-10-12-24(13-11-15)22(26)18-7-5-17(6-8-18)21(25)23-19-14-16(2)4-9-20(19)27-3/h4,9,14-15,17-18H,5-8,10-13H2,1-3H3,(H,23,25). The second-order valence-corrected chi connectivity index (χ2v) is 8.25. The number of rotatable bonds is 4. The number of carbonyl (C=O) groups is 2. The highest BCUT2D eigenvalue weighted by molar-refractivity contribution is 5.94. The molecule has 2 amide bonds. The van der Waals surface area contributed by atoms with Gasteiger partial charge in [0.2, 0.25) is 11.8 Å². The van der Waals surface area contributed by atoms with Crippen molar-refractivity contribution in [3.8, 4) is 5.75 Å². The number of hydrogen-bond donors (Lipinski definition) is 1. The first kappa shape index (κ1) is 19.7. The minimum atomic E-state index is -0.0272. The van der Waals surface area contributed by atoms with Gasteiger partial charge in [0, 0.05) is 24.9 Å². The summed E-state index contributed by atoms with van der Waals surface area (Å²) in [6.45, 7) is 6.04. The number of methoxy groups -OCH3 is 1. The van der Waals surface area contributed by atoms with E-state index in [2.05, 4.69) is 12.2 Å². The maximum atomic E-state index is 12.8. The number of benzene rings is 1. The lowest BCUT2D eigenvalue weighted by atomic mass is 9.80. The zero-order chi connectivity index (χ0) is 19.4. The monoisotopic (exact) mass is 372 g/mol. The minimum Gasteiger partial charge on any atom is -0.495 e. The SMILES string of the molecule is COc1ccc(C)cc1NC(=O)C1CCC(C(=O)N2CCC(C)CC2)CC1. The van der Waals surface area contributed by atoms with E-state index in [4.69, 9.17) is 4.74 Å². The van der Waals surface area contributed by atoms with Gasteiger partial charge in [0.05, 0.1) is 12.8 Å². The van der Waals surface area contributed by atoms with E-state index < -0.39 is 0 Å². The van der Waals surface area contributed by atoms with Crippen molar-refractivity contribution in [1.29, 1.82) is 0 Å². The number of aryl methyl sites for hydroxylation is 1. The molecule has 1 N–H and O–H groups in total. The Balaban J connectivity index is 1.52. The van der Waals surface area contributed by atoms with Crippen LogP contribution >= 0.6 is 0 Å². The van der Waals surface area contributed by atoms with Crippen molar-refractivity contribution in [1.82, 2.24) is 4.90 Å². The highest BCUT2D eigenvalue weighted by Crippen LogP contribution is 2.33. The number of anilines is 1. The molecular weight excluding hydrogens is 340 g/mol. The van der Waals surface area contributed by atoms with Crippen LogP contribution in [-0.4, -0.2) is 36.9 Å². The highest BCUT2D eigenvalue weighted by Gasteiger charge is 2.33. The summed E-state index contributed by atoms with van der Waals surface area (Å²) in [6, 6.07) is 5.77. The van der Waals surface area contributed by atoms with Gasteiger partial charge in [-0.05, 0) is 69.1 Å². The third-order valence-electron chi connectivity index (χ3n) is 6.16. The molecule has 0 radical (unpaired) electrons. The maximum absolute atomic E-state index is 12.8. The van der Waals surface area contributed by atoms with Crippen molar-refractivity contribution in [2.24, 2.45) is 17.8 Å². The second kappa shape index (κ2) is 8.77. The molecule has 1 aliphatic heterocycles. The Hall–Kier alpha value is -2.04. The first-order chi connectivity index (χ1) is 13.0. The van der Waals surface area contributed by atoms with Gasteiger partial charge in [0.15, 0.2) is 0 Å². The summed E-state index contributed by atoms with van der Waals surface area (Å²) in [5.74, 6) is 1.82. The van der Waals surface area contributed by atoms with Gasteiger partial charge in [-0.2, -0.15) is 0 Å². The molecular formula is C22H32N2O3. The van der Waals surface area contributed by atoms with Crippen LogP contribution in [0.5, 0.6) is 5.75 Å². The van der Waals surface area contributed by atoms with E-state index in [1.165, 1.54) is 0 Å². The van der Waals surface area contributed by atoms with Crippen LogP contribution in [0.2, 0.25) is 0 Å². The molecule has 5 nitrogen and oxygen atoms in total. The molecule has 1 aromatic carbocycles. The number of nitrogens with zero attached hydrogens (tertiary/aromatic N) is 1. The van der Waals surface area contributed by atoms with Gasteiger partial charge in [-0.1, -0.05) is 13.0 Å². The third kappa shape index (κ3) is 4.82. The molecule has 3 rings (SSSR count). The lowest BCUT2D eigenvalue weighted by Gasteiger charge is -2.35. The molecule has 0 unspecified atom stereocenters. The summed E-state index contributed by atoms with van der Waals surface area (Å²) in [6.07, 6.45) is 5.41. The van der Waals surface area contributed by atoms with Crippen LogP contribution in [0.15, 0.2) is 18.2 Å². The minimum absolute atomic E-state index is 0.0272. The number of amides is 2. The van der Waals surface area contributed by atoms with Gasteiger partial charge in [0.1, 0.15) is 5.75 Å². The summed E-state index contributed by atoms with van der Waals surface area (Å²) in [5.41, 5.74) is 1.80. The van der Waals surface area contributed by atoms with Crippen LogP contribution in [0.1, 0.15) is 51.0 Å². The Morgan fingerprint density at radius 3 is 2.30 bits per heavy atom. The largest absolute Gasteiger partial charge is 0.495 e. The van der Waals surface area contributed by atoms with E-state index in [-0.39, 0.29) is 17.7 Å². The van der Waals surface area contributed by atoms with Crippen molar-refractivity contribution >= 4 is 17.5 Å². The average molecular weight is 373 g/mol. The predicted molar refractivity (Wildman–Crippen MR) is 107 cm³/mol. The van der Waals surface area contributed by atoms with Crippen LogP contribution in [0, 0.1) is 24.7 Å². The topological polar surface area (TPSA) is 58.6 Å². The van der Waals surface area contributed by atoms with Crippen LogP contribution < -0.4 is 10.1 Å². The van der Waals surface area contributed by atoms with E-state index in [1.54, 1.807) is 7.11 Å². The zero-order valence-electron chi connectivity index (χ0n) is 16.8. The zero-order valence-corrected chi connectivity index (χ0v) is 16.8. The lowest BCUT2D eigenvalue weighted by Crippen LogP contribution is -2.42. The first-order valence-corrected chi connectivity index (χ1v) is 10.2. The molecule has 27 heavy (non-hydrogen) atoms. The molecule has 5 heteroatoms. The molecule has 0 spiro atoms. The van der Waals surface area contributed by atoms with Gasteiger partial charge in [0.25, 0.3) is 0 Å². The Bertz CT molecular complexity index is 672. The van der Waals surface area contributed by atoms with E-state index in [0.29, 0.717) is 11.7 Å². The lowest BCUT2D eigenvalue weighted by molar-refractivity contribution is -0.139. The summed E-state index contributed by atoms with van der Waals surface area (Å²) in [7, 11) is 1.61. The van der Waals surface area contributed by atoms with Crippen LogP contribution in [0.4, 0.5) is 5.69 Å². The smallest absolute Gasteiger partial charge is 0.227 e. The highest BCUT2D eigenvalue weighted by atomic mass is 16.5. The number of nitrogens with one attached hydrogen (secondary N) is 1. The average Bonchev–Trinajstić information content (AvgIpc) is 2.68. The van der Waals surface area contributed by atoms with Gasteiger partial charge >= 0.3 is 0 Å². The molecule has 0 atom stereocenters. The summed E-state index contributed by atoms with van der Waals surface area (Å²) < 4.78 is 5.35. The predicted octanol–water partition coefficient (Wildman–Crippen LogP) is 4.01. The van der Waals surface area contributed by atoms with E-state index >= 15 is 0 Å². The van der Waals surface area contributed by atoms with Crippen molar-refractivity contribution < 1.29 is 14.3 Å². The molecule has 2 fully saturated rings. The van der Waals surface area contributed by atoms with Crippen molar-refractivity contribution in [2.75, 3.05) is 25.5 Å². The Labute approximate surface area is 162 Å². The maximum Gasteiger partial charge on any atom is 0.227 e. The van der Waals surface area contributed by atoms with Gasteiger partial charge < -0.3 is 15.0 Å². The Morgan fingerprint density at radius 2 is 1.67 bits per heavy atom. The summed E-state index contributed by atoms with van der Waals surface area (Å²) >= 11 is 0. The van der Waals surface area contributed by atoms with Gasteiger partial charge in [-0.15, -0.1) is 0 Å². The molecule has 0 bridgehead atoms. The van der Waals surface area contributed by atoms with E-state index in [0.717, 1.165) is 68.8 Å². The van der Waals surface area contributed by atoms with Crippen LogP contribution in [0.25, 0.3) is 0 Å². The van der Waals surface area contributed by atoms with Crippen molar-refractivity contribution in [3.63, 3.8) is 0 Å². The molecule has 2 aliphatic rings. The number of hydrogen-bond acceptors (Lipinski definition) is 3. The molecule has 1 heterocycles. The molecule has 1 saturated carbocycles. The first-order valence-electron chi connectivity index (χ1n) is 10.2.